The van der Waals surface area contributed by atoms with Gasteiger partial charge in [-0.2, -0.15) is 0 Å². The largest absolute Gasteiger partial charge is 0.394 e. The van der Waals surface area contributed by atoms with Crippen molar-refractivity contribution in [1.82, 2.24) is 4.98 Å². The summed E-state index contributed by atoms with van der Waals surface area (Å²) in [5, 5.41) is 8.75. The highest BCUT2D eigenvalue weighted by atomic mass is 79.9. The molecule has 0 saturated carbocycles. The van der Waals surface area contributed by atoms with Crippen molar-refractivity contribution in [1.29, 1.82) is 0 Å². The first kappa shape index (κ1) is 12.8. The molecule has 1 N–H and O–H groups in total. The number of anilines is 1. The van der Waals surface area contributed by atoms with Crippen LogP contribution in [-0.4, -0.2) is 42.5 Å². The number of nitrogens with zero attached hydrogens (tertiary/aromatic N) is 2. The zero-order chi connectivity index (χ0) is 12.1. The van der Waals surface area contributed by atoms with Gasteiger partial charge in [-0.25, -0.2) is 4.98 Å². The van der Waals surface area contributed by atoms with Crippen molar-refractivity contribution in [3.05, 3.63) is 22.8 Å². The molecule has 1 aromatic heterocycles. The standard InChI is InChI=1S/C12H17BrN2O2/c13-10-3-4-12(14-8-10)15-5-1-2-11(9-15)17-7-6-16/h3-4,8,11,16H,1-2,5-7,9H2/t11-/m1/s1. The maximum absolute atomic E-state index is 8.75. The van der Waals surface area contributed by atoms with Crippen LogP contribution in [0.1, 0.15) is 12.8 Å². The van der Waals surface area contributed by atoms with E-state index in [4.69, 9.17) is 9.84 Å². The number of aliphatic hydroxyl groups is 1. The Labute approximate surface area is 110 Å². The molecular weight excluding hydrogens is 284 g/mol. The van der Waals surface area contributed by atoms with E-state index in [-0.39, 0.29) is 12.7 Å². The maximum atomic E-state index is 8.75. The molecule has 0 aliphatic carbocycles. The van der Waals surface area contributed by atoms with Gasteiger partial charge in [-0.1, -0.05) is 0 Å². The first-order valence-electron chi connectivity index (χ1n) is 5.88. The number of hydrogen-bond acceptors (Lipinski definition) is 4. The van der Waals surface area contributed by atoms with E-state index in [2.05, 4.69) is 25.8 Å². The Morgan fingerprint density at radius 2 is 2.41 bits per heavy atom. The number of rotatable bonds is 4. The minimum atomic E-state index is 0.0903. The van der Waals surface area contributed by atoms with E-state index < -0.39 is 0 Å². The Balaban J connectivity index is 1.94. The van der Waals surface area contributed by atoms with Crippen LogP contribution in [0, 0.1) is 0 Å². The molecule has 1 saturated heterocycles. The molecule has 1 fully saturated rings. The molecule has 94 valence electrons. The summed E-state index contributed by atoms with van der Waals surface area (Å²) >= 11 is 3.38. The quantitative estimate of drug-likeness (QED) is 0.921. The van der Waals surface area contributed by atoms with Crippen LogP contribution in [0.3, 0.4) is 0 Å². The zero-order valence-electron chi connectivity index (χ0n) is 9.68. The van der Waals surface area contributed by atoms with Crippen molar-refractivity contribution in [2.24, 2.45) is 0 Å². The molecule has 2 heterocycles. The lowest BCUT2D eigenvalue weighted by atomic mass is 10.1. The molecule has 0 radical (unpaired) electrons. The van der Waals surface area contributed by atoms with Gasteiger partial charge in [0.15, 0.2) is 0 Å². The molecule has 1 aliphatic heterocycles. The molecule has 1 aromatic rings. The summed E-state index contributed by atoms with van der Waals surface area (Å²) in [6.45, 7) is 2.39. The van der Waals surface area contributed by atoms with E-state index in [1.54, 1.807) is 0 Å². The summed E-state index contributed by atoms with van der Waals surface area (Å²) in [7, 11) is 0. The van der Waals surface area contributed by atoms with E-state index >= 15 is 0 Å². The average molecular weight is 301 g/mol. The van der Waals surface area contributed by atoms with Gasteiger partial charge in [-0.15, -0.1) is 0 Å². The summed E-state index contributed by atoms with van der Waals surface area (Å²) in [6.07, 6.45) is 4.19. The molecule has 1 atom stereocenters. The molecule has 0 aromatic carbocycles. The van der Waals surface area contributed by atoms with Crippen molar-refractivity contribution in [2.75, 3.05) is 31.2 Å². The topological polar surface area (TPSA) is 45.6 Å². The molecule has 5 heteroatoms. The molecule has 0 spiro atoms. The maximum Gasteiger partial charge on any atom is 0.128 e. The predicted octanol–water partition coefficient (Wildman–Crippen LogP) is 1.82. The van der Waals surface area contributed by atoms with Gasteiger partial charge in [0.2, 0.25) is 0 Å². The molecular formula is C12H17BrN2O2. The highest BCUT2D eigenvalue weighted by Gasteiger charge is 2.21. The lowest BCUT2D eigenvalue weighted by Crippen LogP contribution is -2.40. The number of hydrogen-bond donors (Lipinski definition) is 1. The molecule has 1 aliphatic rings. The van der Waals surface area contributed by atoms with Gasteiger partial charge in [-0.3, -0.25) is 0 Å². The Bertz CT molecular complexity index is 345. The lowest BCUT2D eigenvalue weighted by molar-refractivity contribution is 0.0213. The third-order valence-corrected chi connectivity index (χ3v) is 3.33. The number of piperidine rings is 1. The van der Waals surface area contributed by atoms with Gasteiger partial charge in [0.25, 0.3) is 0 Å². The van der Waals surface area contributed by atoms with Crippen LogP contribution < -0.4 is 4.90 Å². The molecule has 0 bridgehead atoms. The van der Waals surface area contributed by atoms with Gasteiger partial charge in [0.1, 0.15) is 5.82 Å². The normalized spacial score (nSPS) is 20.6. The number of pyridine rings is 1. The first-order valence-corrected chi connectivity index (χ1v) is 6.68. The van der Waals surface area contributed by atoms with E-state index in [9.17, 15) is 0 Å². The summed E-state index contributed by atoms with van der Waals surface area (Å²) in [6, 6.07) is 4.01. The van der Waals surface area contributed by atoms with E-state index in [0.717, 1.165) is 36.2 Å². The Kier molecular flexibility index (Phi) is 4.76. The van der Waals surface area contributed by atoms with Crippen LogP contribution in [0.5, 0.6) is 0 Å². The average Bonchev–Trinajstić information content (AvgIpc) is 2.37. The smallest absolute Gasteiger partial charge is 0.128 e. The van der Waals surface area contributed by atoms with Gasteiger partial charge in [0, 0.05) is 23.8 Å². The van der Waals surface area contributed by atoms with E-state index in [1.165, 1.54) is 0 Å². The van der Waals surface area contributed by atoms with E-state index in [1.807, 2.05) is 18.3 Å². The molecule has 2 rings (SSSR count). The highest BCUT2D eigenvalue weighted by Crippen LogP contribution is 2.20. The minimum absolute atomic E-state index is 0.0903. The molecule has 0 amide bonds. The predicted molar refractivity (Wildman–Crippen MR) is 70.2 cm³/mol. The summed E-state index contributed by atoms with van der Waals surface area (Å²) in [4.78, 5) is 6.62. The Morgan fingerprint density at radius 3 is 3.12 bits per heavy atom. The van der Waals surface area contributed by atoms with Crippen molar-refractivity contribution in [3.63, 3.8) is 0 Å². The molecule has 17 heavy (non-hydrogen) atoms. The summed E-state index contributed by atoms with van der Waals surface area (Å²) in [5.41, 5.74) is 0. The van der Waals surface area contributed by atoms with Crippen LogP contribution in [-0.2, 0) is 4.74 Å². The Morgan fingerprint density at radius 1 is 1.53 bits per heavy atom. The highest BCUT2D eigenvalue weighted by molar-refractivity contribution is 9.10. The van der Waals surface area contributed by atoms with Crippen molar-refractivity contribution >= 4 is 21.7 Å². The lowest BCUT2D eigenvalue weighted by Gasteiger charge is -2.33. The van der Waals surface area contributed by atoms with Crippen LogP contribution in [0.25, 0.3) is 0 Å². The SMILES string of the molecule is OCCO[C@@H]1CCCN(c2ccc(Br)cn2)C1. The summed E-state index contributed by atoms with van der Waals surface area (Å²) in [5.74, 6) is 0.991. The fourth-order valence-electron chi connectivity index (χ4n) is 2.06. The van der Waals surface area contributed by atoms with Gasteiger partial charge in [0.05, 0.1) is 19.3 Å². The van der Waals surface area contributed by atoms with Gasteiger partial charge < -0.3 is 14.7 Å². The fourth-order valence-corrected chi connectivity index (χ4v) is 2.29. The summed E-state index contributed by atoms with van der Waals surface area (Å²) < 4.78 is 6.57. The first-order chi connectivity index (χ1) is 8.29. The number of ether oxygens (including phenoxy) is 1. The van der Waals surface area contributed by atoms with Gasteiger partial charge >= 0.3 is 0 Å². The number of aromatic nitrogens is 1. The second-order valence-electron chi connectivity index (χ2n) is 4.14. The van der Waals surface area contributed by atoms with Crippen LogP contribution >= 0.6 is 15.9 Å². The number of aliphatic hydroxyl groups excluding tert-OH is 1. The van der Waals surface area contributed by atoms with Crippen LogP contribution in [0.4, 0.5) is 5.82 Å². The van der Waals surface area contributed by atoms with Crippen LogP contribution in [0.15, 0.2) is 22.8 Å². The van der Waals surface area contributed by atoms with Crippen molar-refractivity contribution in [2.45, 2.75) is 18.9 Å². The molecule has 4 nitrogen and oxygen atoms in total. The third kappa shape index (κ3) is 3.66. The third-order valence-electron chi connectivity index (χ3n) is 2.86. The Hall–Kier alpha value is -0.650. The van der Waals surface area contributed by atoms with Crippen molar-refractivity contribution < 1.29 is 9.84 Å². The fraction of sp³-hybridized carbons (Fsp3) is 0.583. The second-order valence-corrected chi connectivity index (χ2v) is 5.05. The molecule has 0 unspecified atom stereocenters. The zero-order valence-corrected chi connectivity index (χ0v) is 11.3. The monoisotopic (exact) mass is 300 g/mol. The second kappa shape index (κ2) is 6.33. The number of halogens is 1. The van der Waals surface area contributed by atoms with E-state index in [0.29, 0.717) is 6.61 Å². The van der Waals surface area contributed by atoms with Gasteiger partial charge in [-0.05, 0) is 40.9 Å². The van der Waals surface area contributed by atoms with Crippen LogP contribution in [0.2, 0.25) is 0 Å². The minimum Gasteiger partial charge on any atom is -0.394 e. The van der Waals surface area contributed by atoms with Crippen molar-refractivity contribution in [3.8, 4) is 0 Å².